The van der Waals surface area contributed by atoms with E-state index in [0.29, 0.717) is 10.9 Å². The van der Waals surface area contributed by atoms with Gasteiger partial charge in [-0.3, -0.25) is 0 Å². The molecule has 1 aliphatic carbocycles. The predicted molar refractivity (Wildman–Crippen MR) is 77.2 cm³/mol. The maximum absolute atomic E-state index is 14.1. The van der Waals surface area contributed by atoms with Crippen molar-refractivity contribution < 1.29 is 8.78 Å². The second kappa shape index (κ2) is 6.31. The van der Waals surface area contributed by atoms with Gasteiger partial charge in [-0.2, -0.15) is 0 Å². The van der Waals surface area contributed by atoms with Crippen LogP contribution in [0.3, 0.4) is 0 Å². The molecule has 0 aromatic heterocycles. The molecule has 1 aromatic rings. The van der Waals surface area contributed by atoms with Gasteiger partial charge in [-0.1, -0.05) is 19.3 Å². The van der Waals surface area contributed by atoms with E-state index in [-0.39, 0.29) is 11.0 Å². The van der Waals surface area contributed by atoms with Crippen LogP contribution in [0.5, 0.6) is 0 Å². The zero-order valence-corrected chi connectivity index (χ0v) is 12.8. The molecule has 0 heterocycles. The van der Waals surface area contributed by atoms with Crippen molar-refractivity contribution in [1.82, 2.24) is 5.32 Å². The van der Waals surface area contributed by atoms with Gasteiger partial charge < -0.3 is 5.32 Å². The van der Waals surface area contributed by atoms with E-state index in [4.69, 9.17) is 0 Å². The molecule has 2 rings (SSSR count). The zero-order chi connectivity index (χ0) is 13.9. The fraction of sp³-hybridized carbons (Fsp3) is 0.600. The van der Waals surface area contributed by atoms with Crippen molar-refractivity contribution in [2.45, 2.75) is 38.5 Å². The lowest BCUT2D eigenvalue weighted by Crippen LogP contribution is -2.37. The maximum Gasteiger partial charge on any atom is 0.143 e. The quantitative estimate of drug-likeness (QED) is 0.804. The molecule has 1 aliphatic rings. The highest BCUT2D eigenvalue weighted by molar-refractivity contribution is 9.10. The summed E-state index contributed by atoms with van der Waals surface area (Å²) in [5.74, 6) is -0.872. The van der Waals surface area contributed by atoms with E-state index in [2.05, 4.69) is 21.2 Å². The van der Waals surface area contributed by atoms with Crippen LogP contribution in [0.4, 0.5) is 8.78 Å². The first-order valence-electron chi connectivity index (χ1n) is 6.85. The molecular weight excluding hydrogens is 312 g/mol. The Labute approximate surface area is 121 Å². The Morgan fingerprint density at radius 1 is 1.21 bits per heavy atom. The molecule has 0 radical (unpaired) electrons. The van der Waals surface area contributed by atoms with Crippen molar-refractivity contribution in [3.05, 3.63) is 33.8 Å². The number of halogens is 3. The van der Waals surface area contributed by atoms with Gasteiger partial charge in [-0.15, -0.1) is 0 Å². The third kappa shape index (κ3) is 3.34. The summed E-state index contributed by atoms with van der Waals surface area (Å²) in [6.45, 7) is 0.818. The van der Waals surface area contributed by atoms with Crippen molar-refractivity contribution in [1.29, 1.82) is 0 Å². The van der Waals surface area contributed by atoms with E-state index in [0.717, 1.165) is 32.2 Å². The molecule has 0 amide bonds. The smallest absolute Gasteiger partial charge is 0.143 e. The first kappa shape index (κ1) is 14.9. The predicted octanol–water partition coefficient (Wildman–Crippen LogP) is 4.44. The Balaban J connectivity index is 2.29. The summed E-state index contributed by atoms with van der Waals surface area (Å²) in [5.41, 5.74) is 0.224. The third-order valence-corrected chi connectivity index (χ3v) is 4.77. The molecule has 4 heteroatoms. The van der Waals surface area contributed by atoms with Crippen LogP contribution in [-0.2, 0) is 6.42 Å². The minimum atomic E-state index is -0.443. The summed E-state index contributed by atoms with van der Waals surface area (Å²) >= 11 is 3.14. The van der Waals surface area contributed by atoms with Crippen molar-refractivity contribution in [3.8, 4) is 0 Å². The van der Waals surface area contributed by atoms with E-state index in [1.807, 2.05) is 7.05 Å². The Morgan fingerprint density at radius 2 is 1.89 bits per heavy atom. The fourth-order valence-corrected chi connectivity index (χ4v) is 3.57. The lowest BCUT2D eigenvalue weighted by Gasteiger charge is -2.37. The molecule has 1 aromatic carbocycles. The van der Waals surface area contributed by atoms with Crippen LogP contribution in [-0.4, -0.2) is 13.6 Å². The first-order chi connectivity index (χ1) is 9.08. The van der Waals surface area contributed by atoms with E-state index >= 15 is 0 Å². The average Bonchev–Trinajstić information content (AvgIpc) is 2.41. The van der Waals surface area contributed by atoms with Crippen molar-refractivity contribution in [3.63, 3.8) is 0 Å². The van der Waals surface area contributed by atoms with Gasteiger partial charge in [-0.05, 0) is 59.8 Å². The summed E-state index contributed by atoms with van der Waals surface area (Å²) in [7, 11) is 1.91. The van der Waals surface area contributed by atoms with Gasteiger partial charge in [0.1, 0.15) is 11.6 Å². The number of benzene rings is 1. The van der Waals surface area contributed by atoms with E-state index in [9.17, 15) is 8.78 Å². The fourth-order valence-electron chi connectivity index (χ4n) is 3.20. The molecule has 19 heavy (non-hydrogen) atoms. The zero-order valence-electron chi connectivity index (χ0n) is 11.2. The first-order valence-corrected chi connectivity index (χ1v) is 7.64. The van der Waals surface area contributed by atoms with E-state index in [1.54, 1.807) is 0 Å². The van der Waals surface area contributed by atoms with Crippen LogP contribution in [0.1, 0.15) is 37.7 Å². The van der Waals surface area contributed by atoms with Crippen LogP contribution in [0.25, 0.3) is 0 Å². The van der Waals surface area contributed by atoms with Gasteiger partial charge in [-0.25, -0.2) is 8.78 Å². The molecule has 1 nitrogen and oxygen atoms in total. The minimum absolute atomic E-state index is 0.00449. The molecule has 0 spiro atoms. The molecular formula is C15H20BrF2N. The van der Waals surface area contributed by atoms with Crippen LogP contribution in [0, 0.1) is 17.0 Å². The molecule has 106 valence electrons. The second-order valence-electron chi connectivity index (χ2n) is 5.59. The Morgan fingerprint density at radius 3 is 2.53 bits per heavy atom. The number of hydrogen-bond donors (Lipinski definition) is 1. The molecule has 0 bridgehead atoms. The summed E-state index contributed by atoms with van der Waals surface area (Å²) in [5, 5.41) is 3.20. The van der Waals surface area contributed by atoms with E-state index < -0.39 is 11.6 Å². The minimum Gasteiger partial charge on any atom is -0.319 e. The van der Waals surface area contributed by atoms with Crippen molar-refractivity contribution >= 4 is 15.9 Å². The van der Waals surface area contributed by atoms with Gasteiger partial charge in [0.15, 0.2) is 0 Å². The second-order valence-corrected chi connectivity index (χ2v) is 6.44. The summed E-state index contributed by atoms with van der Waals surface area (Å²) < 4.78 is 28.4. The standard InChI is InChI=1S/C15H20BrF2N/c1-19-10-15(7-3-2-4-8-15)9-11-13(17)6-5-12(16)14(11)18/h5-6,19H,2-4,7-10H2,1H3. The highest BCUT2D eigenvalue weighted by Crippen LogP contribution is 2.40. The molecule has 0 saturated heterocycles. The summed E-state index contributed by atoms with van der Waals surface area (Å²) in [6.07, 6.45) is 6.09. The average molecular weight is 332 g/mol. The third-order valence-electron chi connectivity index (χ3n) is 4.16. The van der Waals surface area contributed by atoms with E-state index in [1.165, 1.54) is 18.6 Å². The van der Waals surface area contributed by atoms with Gasteiger partial charge in [0.25, 0.3) is 0 Å². The topological polar surface area (TPSA) is 12.0 Å². The van der Waals surface area contributed by atoms with Crippen LogP contribution in [0.15, 0.2) is 16.6 Å². The molecule has 0 aliphatic heterocycles. The normalized spacial score (nSPS) is 18.5. The van der Waals surface area contributed by atoms with Crippen LogP contribution >= 0.6 is 15.9 Å². The molecule has 1 fully saturated rings. The highest BCUT2D eigenvalue weighted by Gasteiger charge is 2.33. The van der Waals surface area contributed by atoms with Crippen molar-refractivity contribution in [2.24, 2.45) is 5.41 Å². The van der Waals surface area contributed by atoms with Crippen LogP contribution in [0.2, 0.25) is 0 Å². The molecule has 1 N–H and O–H groups in total. The van der Waals surface area contributed by atoms with Gasteiger partial charge in [0.05, 0.1) is 4.47 Å². The molecule has 1 saturated carbocycles. The molecule has 0 atom stereocenters. The monoisotopic (exact) mass is 331 g/mol. The van der Waals surface area contributed by atoms with Gasteiger partial charge in [0.2, 0.25) is 0 Å². The van der Waals surface area contributed by atoms with Gasteiger partial charge >= 0.3 is 0 Å². The maximum atomic E-state index is 14.1. The Hall–Kier alpha value is -0.480. The lowest BCUT2D eigenvalue weighted by molar-refractivity contribution is 0.181. The lowest BCUT2D eigenvalue weighted by atomic mass is 9.70. The largest absolute Gasteiger partial charge is 0.319 e. The van der Waals surface area contributed by atoms with Gasteiger partial charge in [0, 0.05) is 12.1 Å². The summed E-state index contributed by atoms with van der Waals surface area (Å²) in [4.78, 5) is 0. The summed E-state index contributed by atoms with van der Waals surface area (Å²) in [6, 6.07) is 2.78. The van der Waals surface area contributed by atoms with Crippen LogP contribution < -0.4 is 5.32 Å². The number of rotatable bonds is 4. The number of hydrogen-bond acceptors (Lipinski definition) is 1. The SMILES string of the molecule is CNCC1(Cc2c(F)ccc(Br)c2F)CCCCC1. The Bertz CT molecular complexity index is 437. The van der Waals surface area contributed by atoms with Crippen molar-refractivity contribution in [2.75, 3.05) is 13.6 Å². The Kier molecular flexibility index (Phi) is 4.96. The number of nitrogens with one attached hydrogen (secondary N) is 1. The molecule has 0 unspecified atom stereocenters. The highest BCUT2D eigenvalue weighted by atomic mass is 79.9.